The SMILES string of the molecule is Cc1cc(O)c(C(O)=C2C(=O)C(=O)N(CCCN3CCOCC3)C2c2cccnc2)cc1C. The number of amides is 1. The Hall–Kier alpha value is -3.23. The van der Waals surface area contributed by atoms with Crippen LogP contribution in [0.25, 0.3) is 5.76 Å². The minimum atomic E-state index is -0.774. The van der Waals surface area contributed by atoms with Gasteiger partial charge in [-0.05, 0) is 55.2 Å². The van der Waals surface area contributed by atoms with E-state index in [4.69, 9.17) is 4.74 Å². The van der Waals surface area contributed by atoms with Gasteiger partial charge in [-0.1, -0.05) is 6.07 Å². The number of phenolic OH excluding ortho intramolecular Hbond substituents is 1. The fourth-order valence-electron chi connectivity index (χ4n) is 4.42. The van der Waals surface area contributed by atoms with Gasteiger partial charge >= 0.3 is 0 Å². The van der Waals surface area contributed by atoms with Gasteiger partial charge in [0.15, 0.2) is 0 Å². The molecule has 0 saturated carbocycles. The second-order valence-corrected chi connectivity index (χ2v) is 8.54. The predicted molar refractivity (Wildman–Crippen MR) is 123 cm³/mol. The molecule has 174 valence electrons. The summed E-state index contributed by atoms with van der Waals surface area (Å²) in [6, 6.07) is 5.92. The maximum Gasteiger partial charge on any atom is 0.295 e. The second-order valence-electron chi connectivity index (χ2n) is 8.54. The zero-order valence-corrected chi connectivity index (χ0v) is 19.0. The first-order valence-corrected chi connectivity index (χ1v) is 11.2. The van der Waals surface area contributed by atoms with E-state index in [2.05, 4.69) is 9.88 Å². The van der Waals surface area contributed by atoms with Gasteiger partial charge in [0.25, 0.3) is 11.7 Å². The Kier molecular flexibility index (Phi) is 6.76. The molecule has 1 atom stereocenters. The van der Waals surface area contributed by atoms with E-state index in [1.807, 2.05) is 13.8 Å². The van der Waals surface area contributed by atoms with Gasteiger partial charge in [-0.3, -0.25) is 19.5 Å². The van der Waals surface area contributed by atoms with Crippen molar-refractivity contribution in [1.82, 2.24) is 14.8 Å². The lowest BCUT2D eigenvalue weighted by atomic mass is 9.94. The Bertz CT molecular complexity index is 1080. The molecule has 2 N–H and O–H groups in total. The van der Waals surface area contributed by atoms with Crippen molar-refractivity contribution in [3.8, 4) is 5.75 Å². The molecule has 8 nitrogen and oxygen atoms in total. The number of aryl methyl sites for hydroxylation is 2. The van der Waals surface area contributed by atoms with Gasteiger partial charge in [-0.15, -0.1) is 0 Å². The minimum Gasteiger partial charge on any atom is -0.507 e. The quantitative estimate of drug-likeness (QED) is 0.395. The fourth-order valence-corrected chi connectivity index (χ4v) is 4.42. The Morgan fingerprint density at radius 2 is 1.88 bits per heavy atom. The number of likely N-dealkylation sites (tertiary alicyclic amines) is 1. The van der Waals surface area contributed by atoms with Crippen molar-refractivity contribution in [3.05, 3.63) is 64.5 Å². The topological polar surface area (TPSA) is 103 Å². The highest BCUT2D eigenvalue weighted by atomic mass is 16.5. The molecule has 0 spiro atoms. The summed E-state index contributed by atoms with van der Waals surface area (Å²) < 4.78 is 5.38. The predicted octanol–water partition coefficient (Wildman–Crippen LogP) is 2.55. The highest BCUT2D eigenvalue weighted by Crippen LogP contribution is 2.41. The largest absolute Gasteiger partial charge is 0.507 e. The molecule has 2 saturated heterocycles. The summed E-state index contributed by atoms with van der Waals surface area (Å²) in [7, 11) is 0. The number of aromatic hydroxyl groups is 1. The maximum absolute atomic E-state index is 13.1. The number of hydrogen-bond acceptors (Lipinski definition) is 7. The number of morpholine rings is 1. The van der Waals surface area contributed by atoms with Crippen LogP contribution in [0.15, 0.2) is 42.2 Å². The highest BCUT2D eigenvalue weighted by molar-refractivity contribution is 6.46. The summed E-state index contributed by atoms with van der Waals surface area (Å²) >= 11 is 0. The number of aromatic nitrogens is 1. The molecule has 1 unspecified atom stereocenters. The molecule has 0 aliphatic carbocycles. The van der Waals surface area contributed by atoms with Gasteiger partial charge in [0.2, 0.25) is 0 Å². The lowest BCUT2D eigenvalue weighted by Crippen LogP contribution is -2.39. The first-order chi connectivity index (χ1) is 15.9. The normalized spacial score (nSPS) is 21.0. The number of ether oxygens (including phenoxy) is 1. The van der Waals surface area contributed by atoms with Crippen LogP contribution in [-0.2, 0) is 14.3 Å². The number of hydrogen-bond donors (Lipinski definition) is 2. The molecule has 3 heterocycles. The van der Waals surface area contributed by atoms with Crippen LogP contribution < -0.4 is 0 Å². The van der Waals surface area contributed by atoms with E-state index in [-0.39, 0.29) is 22.6 Å². The van der Waals surface area contributed by atoms with Crippen molar-refractivity contribution in [3.63, 3.8) is 0 Å². The van der Waals surface area contributed by atoms with Crippen LogP contribution in [0.3, 0.4) is 0 Å². The van der Waals surface area contributed by atoms with Crippen LogP contribution in [0.5, 0.6) is 5.75 Å². The van der Waals surface area contributed by atoms with Gasteiger partial charge < -0.3 is 19.8 Å². The Morgan fingerprint density at radius 1 is 1.15 bits per heavy atom. The maximum atomic E-state index is 13.1. The number of Topliss-reactive ketones (excluding diaryl/α,β-unsaturated/α-hetero) is 1. The van der Waals surface area contributed by atoms with Crippen LogP contribution >= 0.6 is 0 Å². The third kappa shape index (κ3) is 4.62. The molecule has 0 bridgehead atoms. The zero-order valence-electron chi connectivity index (χ0n) is 19.0. The van der Waals surface area contributed by atoms with Gasteiger partial charge in [0.05, 0.1) is 30.4 Å². The molecule has 1 aromatic heterocycles. The van der Waals surface area contributed by atoms with Gasteiger partial charge in [-0.25, -0.2) is 0 Å². The molecule has 1 amide bonds. The summed E-state index contributed by atoms with van der Waals surface area (Å²) in [5.74, 6) is -1.93. The molecule has 2 aromatic rings. The summed E-state index contributed by atoms with van der Waals surface area (Å²) in [5, 5.41) is 21.6. The van der Waals surface area contributed by atoms with Gasteiger partial charge in [0, 0.05) is 38.6 Å². The fraction of sp³-hybridized carbons (Fsp3) is 0.400. The van der Waals surface area contributed by atoms with Gasteiger partial charge in [-0.2, -0.15) is 0 Å². The molecule has 2 fully saturated rings. The smallest absolute Gasteiger partial charge is 0.295 e. The third-order valence-electron chi connectivity index (χ3n) is 6.38. The number of nitrogens with zero attached hydrogens (tertiary/aromatic N) is 3. The number of ketones is 1. The molecular weight excluding hydrogens is 422 g/mol. The van der Waals surface area contributed by atoms with Crippen molar-refractivity contribution in [2.75, 3.05) is 39.4 Å². The summed E-state index contributed by atoms with van der Waals surface area (Å²) in [4.78, 5) is 34.1. The van der Waals surface area contributed by atoms with E-state index in [0.29, 0.717) is 31.7 Å². The van der Waals surface area contributed by atoms with Crippen molar-refractivity contribution in [2.45, 2.75) is 26.3 Å². The van der Waals surface area contributed by atoms with Crippen LogP contribution in [0, 0.1) is 13.8 Å². The lowest BCUT2D eigenvalue weighted by Gasteiger charge is -2.29. The standard InChI is InChI=1S/C25H29N3O5/c1-16-13-19(20(29)14-17(16)2)23(30)21-22(18-5-3-6-26-15-18)28(25(32)24(21)31)8-4-7-27-9-11-33-12-10-27/h3,5-6,13-15,22,29-30H,4,7-12H2,1-2H3. The number of rotatable bonds is 6. The van der Waals surface area contributed by atoms with Crippen LogP contribution in [0.2, 0.25) is 0 Å². The summed E-state index contributed by atoms with van der Waals surface area (Å²) in [6.07, 6.45) is 3.89. The molecule has 2 aliphatic rings. The minimum absolute atomic E-state index is 0.0297. The number of phenols is 1. The van der Waals surface area contributed by atoms with Crippen molar-refractivity contribution in [2.24, 2.45) is 0 Å². The number of aliphatic hydroxyl groups excluding tert-OH is 1. The third-order valence-corrected chi connectivity index (χ3v) is 6.38. The van der Waals surface area contributed by atoms with E-state index < -0.39 is 17.7 Å². The number of carbonyl (C=O) groups is 2. The lowest BCUT2D eigenvalue weighted by molar-refractivity contribution is -0.140. The molecule has 0 radical (unpaired) electrons. The highest BCUT2D eigenvalue weighted by Gasteiger charge is 2.46. The Balaban J connectivity index is 1.70. The molecular formula is C25H29N3O5. The average Bonchev–Trinajstić information content (AvgIpc) is 3.07. The molecule has 1 aromatic carbocycles. The van der Waals surface area contributed by atoms with Crippen LogP contribution in [-0.4, -0.2) is 76.1 Å². The number of pyridine rings is 1. The van der Waals surface area contributed by atoms with E-state index in [0.717, 1.165) is 30.8 Å². The molecule has 4 rings (SSSR count). The number of benzene rings is 1. The molecule has 8 heteroatoms. The summed E-state index contributed by atoms with van der Waals surface area (Å²) in [6.45, 7) is 7.92. The second kappa shape index (κ2) is 9.72. The van der Waals surface area contributed by atoms with E-state index >= 15 is 0 Å². The Labute approximate surface area is 193 Å². The van der Waals surface area contributed by atoms with Gasteiger partial charge in [0.1, 0.15) is 11.5 Å². The monoisotopic (exact) mass is 451 g/mol. The van der Waals surface area contributed by atoms with Crippen molar-refractivity contribution < 1.29 is 24.5 Å². The van der Waals surface area contributed by atoms with Crippen molar-refractivity contribution >= 4 is 17.4 Å². The van der Waals surface area contributed by atoms with Crippen molar-refractivity contribution in [1.29, 1.82) is 0 Å². The molecule has 2 aliphatic heterocycles. The molecule has 33 heavy (non-hydrogen) atoms. The van der Waals surface area contributed by atoms with E-state index in [1.54, 1.807) is 36.7 Å². The van der Waals surface area contributed by atoms with E-state index in [1.165, 1.54) is 4.90 Å². The average molecular weight is 452 g/mol. The number of carbonyl (C=O) groups excluding carboxylic acids is 2. The van der Waals surface area contributed by atoms with Crippen LogP contribution in [0.1, 0.15) is 34.7 Å². The first kappa shape index (κ1) is 22.9. The zero-order chi connectivity index (χ0) is 23.5. The first-order valence-electron chi connectivity index (χ1n) is 11.2. The number of aliphatic hydroxyl groups is 1. The van der Waals surface area contributed by atoms with Crippen LogP contribution in [0.4, 0.5) is 0 Å². The Morgan fingerprint density at radius 3 is 2.58 bits per heavy atom. The van der Waals surface area contributed by atoms with E-state index in [9.17, 15) is 19.8 Å². The summed E-state index contributed by atoms with van der Waals surface area (Å²) in [5.41, 5.74) is 2.45.